The minimum Gasteiger partial charge on any atom is -0.477 e. The molecular weight excluding hydrogens is 292 g/mol. The van der Waals surface area contributed by atoms with Gasteiger partial charge in [0.05, 0.1) is 6.61 Å². The molecule has 0 spiro atoms. The first-order valence-electron chi connectivity index (χ1n) is 6.25. The maximum Gasteiger partial charge on any atom is 0.345 e. The highest BCUT2D eigenvalue weighted by Gasteiger charge is 2.16. The first kappa shape index (κ1) is 16.7. The van der Waals surface area contributed by atoms with E-state index in [0.29, 0.717) is 5.02 Å². The monoisotopic (exact) mass is 306 g/mol. The number of hydrogen-bond acceptors (Lipinski definition) is 3. The van der Waals surface area contributed by atoms with Crippen LogP contribution < -0.4 is 0 Å². The molecule has 0 aromatic heterocycles. The molecule has 0 amide bonds. The summed E-state index contributed by atoms with van der Waals surface area (Å²) in [5, 5.41) is 9.56. The summed E-state index contributed by atoms with van der Waals surface area (Å²) < 4.78 is 4.65. The Kier molecular flexibility index (Phi) is 6.98. The van der Waals surface area contributed by atoms with Gasteiger partial charge in [0.1, 0.15) is 5.57 Å². The van der Waals surface area contributed by atoms with Gasteiger partial charge >= 0.3 is 11.9 Å². The molecule has 0 fully saturated rings. The maximum atomic E-state index is 11.4. The van der Waals surface area contributed by atoms with Crippen molar-refractivity contribution in [2.24, 2.45) is 0 Å². The number of carbonyl (C=O) groups is 2. The van der Waals surface area contributed by atoms with E-state index in [2.05, 4.69) is 4.74 Å². The van der Waals surface area contributed by atoms with Crippen molar-refractivity contribution >= 4 is 29.6 Å². The Hall–Kier alpha value is -2.33. The van der Waals surface area contributed by atoms with Crippen molar-refractivity contribution in [2.75, 3.05) is 6.61 Å². The van der Waals surface area contributed by atoms with E-state index in [9.17, 15) is 9.59 Å². The Morgan fingerprint density at radius 1 is 1.19 bits per heavy atom. The summed E-state index contributed by atoms with van der Waals surface area (Å²) in [4.78, 5) is 22.3. The molecule has 1 aromatic carbocycles. The van der Waals surface area contributed by atoms with Crippen LogP contribution in [0.15, 0.2) is 54.1 Å². The predicted octanol–water partition coefficient (Wildman–Crippen LogP) is 3.48. The molecule has 0 heterocycles. The lowest BCUT2D eigenvalue weighted by atomic mass is 10.2. The van der Waals surface area contributed by atoms with Gasteiger partial charge in [0.15, 0.2) is 0 Å². The Bertz CT molecular complexity index is 583. The largest absolute Gasteiger partial charge is 0.477 e. The van der Waals surface area contributed by atoms with Crippen molar-refractivity contribution in [1.29, 1.82) is 0 Å². The quantitative estimate of drug-likeness (QED) is 0.287. The summed E-state index contributed by atoms with van der Waals surface area (Å²) in [6.45, 7) is 1.74. The number of rotatable bonds is 6. The van der Waals surface area contributed by atoms with Gasteiger partial charge in [-0.2, -0.15) is 0 Å². The third-order valence-electron chi connectivity index (χ3n) is 2.37. The molecule has 0 unspecified atom stereocenters. The maximum absolute atomic E-state index is 11.4. The van der Waals surface area contributed by atoms with Crippen LogP contribution in [0.4, 0.5) is 0 Å². The Labute approximate surface area is 128 Å². The van der Waals surface area contributed by atoms with E-state index in [1.807, 2.05) is 18.2 Å². The lowest BCUT2D eigenvalue weighted by Gasteiger charge is -2.00. The predicted molar refractivity (Wildman–Crippen MR) is 82.0 cm³/mol. The fraction of sp³-hybridized carbons (Fsp3) is 0.125. The van der Waals surface area contributed by atoms with Crippen molar-refractivity contribution in [3.63, 3.8) is 0 Å². The summed E-state index contributed by atoms with van der Waals surface area (Å²) >= 11 is 5.77. The average Bonchev–Trinajstić information content (AvgIpc) is 2.44. The number of allylic oxidation sites excluding steroid dienone is 4. The van der Waals surface area contributed by atoms with Crippen molar-refractivity contribution in [2.45, 2.75) is 6.92 Å². The zero-order chi connectivity index (χ0) is 15.7. The Morgan fingerprint density at radius 3 is 2.43 bits per heavy atom. The molecule has 110 valence electrons. The molecule has 0 atom stereocenters. The zero-order valence-corrected chi connectivity index (χ0v) is 12.2. The van der Waals surface area contributed by atoms with E-state index >= 15 is 0 Å². The molecular formula is C16H15ClO4. The van der Waals surface area contributed by atoms with Crippen LogP contribution in [0.3, 0.4) is 0 Å². The molecule has 1 N–H and O–H groups in total. The van der Waals surface area contributed by atoms with Crippen LogP contribution in [0.1, 0.15) is 12.5 Å². The zero-order valence-electron chi connectivity index (χ0n) is 11.5. The van der Waals surface area contributed by atoms with Gasteiger partial charge in [-0.3, -0.25) is 0 Å². The number of esters is 1. The topological polar surface area (TPSA) is 63.6 Å². The van der Waals surface area contributed by atoms with Gasteiger partial charge in [-0.15, -0.1) is 0 Å². The number of carbonyl (C=O) groups excluding carboxylic acids is 1. The van der Waals surface area contributed by atoms with Crippen LogP contribution in [0.25, 0.3) is 6.08 Å². The second kappa shape index (κ2) is 8.76. The van der Waals surface area contributed by atoms with Crippen LogP contribution >= 0.6 is 11.6 Å². The molecule has 21 heavy (non-hydrogen) atoms. The highest BCUT2D eigenvalue weighted by Crippen LogP contribution is 2.10. The number of benzene rings is 1. The van der Waals surface area contributed by atoms with Gasteiger partial charge in [-0.05, 0) is 30.7 Å². The van der Waals surface area contributed by atoms with Crippen LogP contribution in [0.2, 0.25) is 5.02 Å². The van der Waals surface area contributed by atoms with Crippen LogP contribution in [0, 0.1) is 0 Å². The van der Waals surface area contributed by atoms with E-state index < -0.39 is 17.5 Å². The van der Waals surface area contributed by atoms with Gasteiger partial charge < -0.3 is 9.84 Å². The smallest absolute Gasteiger partial charge is 0.345 e. The van der Waals surface area contributed by atoms with Gasteiger partial charge in [0.25, 0.3) is 0 Å². The fourth-order valence-corrected chi connectivity index (χ4v) is 1.52. The molecule has 0 radical (unpaired) electrons. The first-order valence-corrected chi connectivity index (χ1v) is 6.63. The van der Waals surface area contributed by atoms with E-state index in [-0.39, 0.29) is 6.61 Å². The highest BCUT2D eigenvalue weighted by atomic mass is 35.5. The number of ether oxygens (including phenoxy) is 1. The molecule has 5 heteroatoms. The van der Waals surface area contributed by atoms with Crippen LogP contribution in [0.5, 0.6) is 0 Å². The van der Waals surface area contributed by atoms with Crippen molar-refractivity contribution in [3.8, 4) is 0 Å². The summed E-state index contributed by atoms with van der Waals surface area (Å²) in [6, 6.07) is 7.25. The van der Waals surface area contributed by atoms with Crippen molar-refractivity contribution in [3.05, 3.63) is 64.7 Å². The standard InChI is InChI=1S/C16H15ClO4/c1-2-21-16(20)14(15(18)19)7-5-3-4-6-12-8-10-13(17)11-9-12/h3-11H,2H2,1H3,(H,18,19). The van der Waals surface area contributed by atoms with Gasteiger partial charge in [-0.1, -0.05) is 48.0 Å². The van der Waals surface area contributed by atoms with E-state index in [1.54, 1.807) is 31.2 Å². The molecule has 0 saturated carbocycles. The third-order valence-corrected chi connectivity index (χ3v) is 2.62. The fourth-order valence-electron chi connectivity index (χ4n) is 1.39. The molecule has 0 aliphatic heterocycles. The van der Waals surface area contributed by atoms with Crippen molar-refractivity contribution < 1.29 is 19.4 Å². The molecule has 1 aromatic rings. The Balaban J connectivity index is 2.69. The summed E-state index contributed by atoms with van der Waals surface area (Å²) in [5.74, 6) is -2.17. The van der Waals surface area contributed by atoms with Gasteiger partial charge in [0.2, 0.25) is 0 Å². The molecule has 0 aliphatic rings. The minimum absolute atomic E-state index is 0.129. The number of carboxylic acids is 1. The SMILES string of the molecule is CCOC(=O)C(=CC=CC=Cc1ccc(Cl)cc1)C(=O)O. The van der Waals surface area contributed by atoms with Crippen LogP contribution in [-0.4, -0.2) is 23.7 Å². The molecule has 4 nitrogen and oxygen atoms in total. The minimum atomic E-state index is -1.32. The van der Waals surface area contributed by atoms with E-state index in [1.165, 1.54) is 12.2 Å². The molecule has 1 rings (SSSR count). The van der Waals surface area contributed by atoms with Crippen LogP contribution in [-0.2, 0) is 14.3 Å². The lowest BCUT2D eigenvalue weighted by molar-refractivity contribution is -0.143. The van der Waals surface area contributed by atoms with Gasteiger partial charge in [-0.25, -0.2) is 9.59 Å². The van der Waals surface area contributed by atoms with E-state index in [4.69, 9.17) is 16.7 Å². The summed E-state index contributed by atoms with van der Waals surface area (Å²) in [5.41, 5.74) is 0.546. The van der Waals surface area contributed by atoms with Crippen molar-refractivity contribution in [1.82, 2.24) is 0 Å². The summed E-state index contributed by atoms with van der Waals surface area (Å²) in [6.07, 6.45) is 7.84. The van der Waals surface area contributed by atoms with E-state index in [0.717, 1.165) is 5.56 Å². The third kappa shape index (κ3) is 6.10. The highest BCUT2D eigenvalue weighted by molar-refractivity contribution is 6.30. The second-order valence-electron chi connectivity index (χ2n) is 3.90. The second-order valence-corrected chi connectivity index (χ2v) is 4.34. The lowest BCUT2D eigenvalue weighted by Crippen LogP contribution is -2.15. The normalized spacial score (nSPS) is 12.0. The number of aliphatic carboxylic acids is 1. The first-order chi connectivity index (χ1) is 10.0. The molecule has 0 saturated heterocycles. The molecule has 0 aliphatic carbocycles. The number of halogens is 1. The van der Waals surface area contributed by atoms with Gasteiger partial charge in [0, 0.05) is 5.02 Å². The summed E-state index contributed by atoms with van der Waals surface area (Å²) in [7, 11) is 0. The average molecular weight is 307 g/mol. The molecule has 0 bridgehead atoms. The number of hydrogen-bond donors (Lipinski definition) is 1. The Morgan fingerprint density at radius 2 is 1.86 bits per heavy atom. The number of carboxylic acid groups (broad SMARTS) is 1.